The minimum atomic E-state index is 0.134. The van der Waals surface area contributed by atoms with Crippen LogP contribution in [-0.4, -0.2) is 19.5 Å². The summed E-state index contributed by atoms with van der Waals surface area (Å²) in [7, 11) is 1.58. The summed E-state index contributed by atoms with van der Waals surface area (Å²) in [5.41, 5.74) is 1.52. The van der Waals surface area contributed by atoms with Crippen LogP contribution < -0.4 is 9.47 Å². The van der Waals surface area contributed by atoms with Crippen molar-refractivity contribution in [1.29, 1.82) is 0 Å². The van der Waals surface area contributed by atoms with Crippen LogP contribution >= 0.6 is 0 Å². The zero-order valence-electron chi connectivity index (χ0n) is 10.2. The van der Waals surface area contributed by atoms with Gasteiger partial charge in [0.25, 0.3) is 0 Å². The van der Waals surface area contributed by atoms with Crippen LogP contribution in [0.1, 0.15) is 36.2 Å². The Labute approximate surface area is 96.4 Å². The smallest absolute Gasteiger partial charge is 0.164 e. The second-order valence-corrected chi connectivity index (χ2v) is 3.82. The van der Waals surface area contributed by atoms with Crippen LogP contribution in [0.4, 0.5) is 0 Å². The summed E-state index contributed by atoms with van der Waals surface area (Å²) in [6.45, 7) is 5.98. The van der Waals surface area contributed by atoms with Crippen LogP contribution in [0.2, 0.25) is 0 Å². The van der Waals surface area contributed by atoms with Gasteiger partial charge in [-0.1, -0.05) is 6.92 Å². The topological polar surface area (TPSA) is 35.5 Å². The number of rotatable bonds is 5. The van der Waals surface area contributed by atoms with Crippen molar-refractivity contribution in [2.24, 2.45) is 0 Å². The first-order chi connectivity index (χ1) is 7.62. The molecular formula is C13H18O3. The lowest BCUT2D eigenvalue weighted by Crippen LogP contribution is -2.11. The maximum Gasteiger partial charge on any atom is 0.164 e. The van der Waals surface area contributed by atoms with Crippen LogP contribution in [0.5, 0.6) is 11.5 Å². The van der Waals surface area contributed by atoms with E-state index in [1.807, 2.05) is 13.8 Å². The Kier molecular flexibility index (Phi) is 4.35. The Morgan fingerprint density at radius 3 is 2.62 bits per heavy atom. The van der Waals surface area contributed by atoms with Gasteiger partial charge in [0.2, 0.25) is 0 Å². The van der Waals surface area contributed by atoms with E-state index < -0.39 is 0 Å². The Morgan fingerprint density at radius 2 is 2.12 bits per heavy atom. The molecule has 0 aromatic heterocycles. The van der Waals surface area contributed by atoms with Gasteiger partial charge in [0.1, 0.15) is 6.29 Å². The second kappa shape index (κ2) is 5.54. The molecule has 1 aromatic rings. The monoisotopic (exact) mass is 222 g/mol. The van der Waals surface area contributed by atoms with Crippen molar-refractivity contribution in [2.45, 2.75) is 33.3 Å². The van der Waals surface area contributed by atoms with E-state index in [2.05, 4.69) is 6.92 Å². The number of carbonyl (C=O) groups excluding carboxylic acids is 1. The van der Waals surface area contributed by atoms with E-state index in [0.29, 0.717) is 11.3 Å². The minimum Gasteiger partial charge on any atom is -0.493 e. The first kappa shape index (κ1) is 12.6. The minimum absolute atomic E-state index is 0.134. The Bertz CT molecular complexity index is 372. The number of benzene rings is 1. The standard InChI is InChI=1S/C13H18O3/c1-5-10(3)16-13-9(2)6-11(8-14)7-12(13)15-4/h6-8,10H,5H2,1-4H3. The molecule has 0 heterocycles. The molecular weight excluding hydrogens is 204 g/mol. The molecule has 1 unspecified atom stereocenters. The molecule has 3 nitrogen and oxygen atoms in total. The van der Waals surface area contributed by atoms with Gasteiger partial charge in [0.15, 0.2) is 11.5 Å². The van der Waals surface area contributed by atoms with Gasteiger partial charge >= 0.3 is 0 Å². The summed E-state index contributed by atoms with van der Waals surface area (Å²) in [5.74, 6) is 1.34. The lowest BCUT2D eigenvalue weighted by molar-refractivity contribution is 0.112. The number of aryl methyl sites for hydroxylation is 1. The summed E-state index contributed by atoms with van der Waals surface area (Å²) < 4.78 is 11.0. The van der Waals surface area contributed by atoms with Crippen LogP contribution in [0.25, 0.3) is 0 Å². The van der Waals surface area contributed by atoms with Gasteiger partial charge in [-0.25, -0.2) is 0 Å². The van der Waals surface area contributed by atoms with Crippen LogP contribution in [0, 0.1) is 6.92 Å². The SMILES string of the molecule is CCC(C)Oc1c(C)cc(C=O)cc1OC. The summed E-state index contributed by atoms with van der Waals surface area (Å²) >= 11 is 0. The van der Waals surface area contributed by atoms with Gasteiger partial charge in [-0.3, -0.25) is 4.79 Å². The van der Waals surface area contributed by atoms with Crippen molar-refractivity contribution in [2.75, 3.05) is 7.11 Å². The Morgan fingerprint density at radius 1 is 1.44 bits per heavy atom. The summed E-state index contributed by atoms with van der Waals surface area (Å²) in [6, 6.07) is 3.49. The average molecular weight is 222 g/mol. The van der Waals surface area contributed by atoms with Crippen molar-refractivity contribution in [1.82, 2.24) is 0 Å². The predicted molar refractivity (Wildman–Crippen MR) is 63.5 cm³/mol. The molecule has 0 aliphatic rings. The number of methoxy groups -OCH3 is 1. The fourth-order valence-corrected chi connectivity index (χ4v) is 1.42. The highest BCUT2D eigenvalue weighted by molar-refractivity contribution is 5.77. The highest BCUT2D eigenvalue weighted by atomic mass is 16.5. The molecule has 0 fully saturated rings. The van der Waals surface area contributed by atoms with Crippen molar-refractivity contribution in [3.63, 3.8) is 0 Å². The van der Waals surface area contributed by atoms with Crippen LogP contribution in [0.15, 0.2) is 12.1 Å². The summed E-state index contributed by atoms with van der Waals surface area (Å²) in [4.78, 5) is 10.7. The molecule has 0 amide bonds. The molecule has 88 valence electrons. The molecule has 0 saturated carbocycles. The highest BCUT2D eigenvalue weighted by Gasteiger charge is 2.12. The van der Waals surface area contributed by atoms with E-state index in [4.69, 9.17) is 9.47 Å². The molecule has 1 rings (SSSR count). The number of hydrogen-bond donors (Lipinski definition) is 0. The van der Waals surface area contributed by atoms with Gasteiger partial charge in [-0.05, 0) is 38.0 Å². The van der Waals surface area contributed by atoms with E-state index in [-0.39, 0.29) is 6.10 Å². The van der Waals surface area contributed by atoms with Crippen LogP contribution in [-0.2, 0) is 0 Å². The predicted octanol–water partition coefficient (Wildman–Crippen LogP) is 2.99. The van der Waals surface area contributed by atoms with E-state index in [0.717, 1.165) is 24.0 Å². The zero-order chi connectivity index (χ0) is 12.1. The second-order valence-electron chi connectivity index (χ2n) is 3.82. The first-order valence-electron chi connectivity index (χ1n) is 5.42. The molecule has 0 radical (unpaired) electrons. The number of aldehydes is 1. The molecule has 0 aliphatic heterocycles. The quantitative estimate of drug-likeness (QED) is 0.718. The molecule has 0 N–H and O–H groups in total. The fourth-order valence-electron chi connectivity index (χ4n) is 1.42. The maximum atomic E-state index is 10.7. The van der Waals surface area contributed by atoms with E-state index in [1.165, 1.54) is 0 Å². The van der Waals surface area contributed by atoms with E-state index in [9.17, 15) is 4.79 Å². The largest absolute Gasteiger partial charge is 0.493 e. The molecule has 0 aliphatic carbocycles. The molecule has 1 atom stereocenters. The molecule has 0 spiro atoms. The third-order valence-electron chi connectivity index (χ3n) is 2.51. The fraction of sp³-hybridized carbons (Fsp3) is 0.462. The molecule has 16 heavy (non-hydrogen) atoms. The van der Waals surface area contributed by atoms with Gasteiger partial charge in [-0.15, -0.1) is 0 Å². The number of hydrogen-bond acceptors (Lipinski definition) is 3. The third-order valence-corrected chi connectivity index (χ3v) is 2.51. The Balaban J connectivity index is 3.11. The van der Waals surface area contributed by atoms with Crippen molar-refractivity contribution < 1.29 is 14.3 Å². The number of ether oxygens (including phenoxy) is 2. The molecule has 1 aromatic carbocycles. The van der Waals surface area contributed by atoms with Crippen molar-refractivity contribution in [3.05, 3.63) is 23.3 Å². The normalized spacial score (nSPS) is 12.0. The lowest BCUT2D eigenvalue weighted by Gasteiger charge is -2.17. The van der Waals surface area contributed by atoms with Gasteiger partial charge in [0.05, 0.1) is 13.2 Å². The van der Waals surface area contributed by atoms with E-state index in [1.54, 1.807) is 19.2 Å². The van der Waals surface area contributed by atoms with Crippen molar-refractivity contribution in [3.8, 4) is 11.5 Å². The van der Waals surface area contributed by atoms with Gasteiger partial charge < -0.3 is 9.47 Å². The highest BCUT2D eigenvalue weighted by Crippen LogP contribution is 2.33. The Hall–Kier alpha value is -1.51. The molecule has 3 heteroatoms. The number of carbonyl (C=O) groups is 1. The maximum absolute atomic E-state index is 10.7. The summed E-state index contributed by atoms with van der Waals surface area (Å²) in [5, 5.41) is 0. The first-order valence-corrected chi connectivity index (χ1v) is 5.42. The van der Waals surface area contributed by atoms with Gasteiger partial charge in [-0.2, -0.15) is 0 Å². The van der Waals surface area contributed by atoms with Crippen LogP contribution in [0.3, 0.4) is 0 Å². The molecule has 0 bridgehead atoms. The van der Waals surface area contributed by atoms with Gasteiger partial charge in [0, 0.05) is 5.56 Å². The zero-order valence-corrected chi connectivity index (χ0v) is 10.2. The molecule has 0 saturated heterocycles. The van der Waals surface area contributed by atoms with Crippen molar-refractivity contribution >= 4 is 6.29 Å². The average Bonchev–Trinajstić information content (AvgIpc) is 2.30. The third kappa shape index (κ3) is 2.75. The van der Waals surface area contributed by atoms with E-state index >= 15 is 0 Å². The summed E-state index contributed by atoms with van der Waals surface area (Å²) in [6.07, 6.45) is 1.87. The lowest BCUT2D eigenvalue weighted by atomic mass is 10.1.